The molecular weight excluding hydrogens is 238 g/mol. The molecule has 0 amide bonds. The number of benzene rings is 2. The van der Waals surface area contributed by atoms with Crippen LogP contribution in [0.4, 0.5) is 0 Å². The van der Waals surface area contributed by atoms with Crippen molar-refractivity contribution >= 4 is 17.2 Å². The van der Waals surface area contributed by atoms with Gasteiger partial charge in [-0.15, -0.1) is 0 Å². The van der Waals surface area contributed by atoms with Gasteiger partial charge in [0.2, 0.25) is 0 Å². The van der Waals surface area contributed by atoms with E-state index in [1.807, 2.05) is 47.2 Å². The lowest BCUT2D eigenvalue weighted by Gasteiger charge is -2.05. The van der Waals surface area contributed by atoms with Crippen molar-refractivity contribution < 1.29 is 9.90 Å². The maximum atomic E-state index is 11.1. The van der Waals surface area contributed by atoms with E-state index in [1.165, 1.54) is 0 Å². The Morgan fingerprint density at radius 2 is 1.79 bits per heavy atom. The summed E-state index contributed by atoms with van der Waals surface area (Å²) in [5.41, 5.74) is 2.82. The molecule has 0 unspecified atom stereocenters. The van der Waals surface area contributed by atoms with Crippen molar-refractivity contribution in [3.05, 3.63) is 65.9 Å². The van der Waals surface area contributed by atoms with Crippen LogP contribution >= 0.6 is 0 Å². The number of nitrogens with zero attached hydrogens (tertiary/aromatic N) is 1. The molecule has 0 aliphatic rings. The van der Waals surface area contributed by atoms with Gasteiger partial charge in [-0.1, -0.05) is 30.3 Å². The highest BCUT2D eigenvalue weighted by molar-refractivity contribution is 5.97. The summed E-state index contributed by atoms with van der Waals surface area (Å²) in [4.78, 5) is 11.1. The van der Waals surface area contributed by atoms with Gasteiger partial charge in [0.15, 0.2) is 6.29 Å². The number of phenols is 1. The summed E-state index contributed by atoms with van der Waals surface area (Å²) < 4.78 is 2.05. The van der Waals surface area contributed by atoms with Gasteiger partial charge in [0.25, 0.3) is 0 Å². The number of carbonyl (C=O) groups excluding carboxylic acids is 1. The second kappa shape index (κ2) is 4.61. The first-order valence-corrected chi connectivity index (χ1v) is 6.09. The molecule has 94 valence electrons. The van der Waals surface area contributed by atoms with Crippen LogP contribution in [0.2, 0.25) is 0 Å². The average Bonchev–Trinajstić information content (AvgIpc) is 2.80. The monoisotopic (exact) mass is 251 g/mol. The number of para-hydroxylation sites is 1. The van der Waals surface area contributed by atoms with E-state index >= 15 is 0 Å². The van der Waals surface area contributed by atoms with Gasteiger partial charge in [-0.2, -0.15) is 0 Å². The Kier molecular flexibility index (Phi) is 2.80. The van der Waals surface area contributed by atoms with Crippen molar-refractivity contribution in [2.24, 2.45) is 0 Å². The molecule has 1 aromatic heterocycles. The lowest BCUT2D eigenvalue weighted by molar-refractivity contribution is 0.112. The van der Waals surface area contributed by atoms with Crippen LogP contribution in [-0.4, -0.2) is 16.0 Å². The van der Waals surface area contributed by atoms with Gasteiger partial charge >= 0.3 is 0 Å². The number of phenolic OH excluding ortho intramolecular Hbond substituents is 1. The quantitative estimate of drug-likeness (QED) is 0.726. The Labute approximate surface area is 110 Å². The second-order valence-corrected chi connectivity index (χ2v) is 4.51. The molecule has 19 heavy (non-hydrogen) atoms. The van der Waals surface area contributed by atoms with E-state index in [9.17, 15) is 9.90 Å². The van der Waals surface area contributed by atoms with E-state index in [0.717, 1.165) is 22.8 Å². The van der Waals surface area contributed by atoms with Gasteiger partial charge in [0.1, 0.15) is 5.75 Å². The molecular formula is C16H13NO2. The molecule has 0 saturated carbocycles. The third-order valence-electron chi connectivity index (χ3n) is 3.24. The molecule has 3 heteroatoms. The maximum absolute atomic E-state index is 11.1. The molecule has 0 fully saturated rings. The molecule has 0 atom stereocenters. The molecule has 0 saturated heterocycles. The molecule has 1 N–H and O–H groups in total. The SMILES string of the molecule is O=Cc1cn(Cc2ccc(O)cc2)c2ccccc12. The molecule has 3 rings (SSSR count). The zero-order valence-electron chi connectivity index (χ0n) is 10.3. The number of fused-ring (bicyclic) bond motifs is 1. The molecule has 0 bridgehead atoms. The Morgan fingerprint density at radius 3 is 2.53 bits per heavy atom. The minimum atomic E-state index is 0.259. The molecule has 0 aliphatic heterocycles. The molecule has 3 aromatic rings. The van der Waals surface area contributed by atoms with Gasteiger partial charge in [-0.05, 0) is 23.8 Å². The minimum Gasteiger partial charge on any atom is -0.508 e. The molecule has 2 aromatic carbocycles. The lowest BCUT2D eigenvalue weighted by Crippen LogP contribution is -1.97. The first kappa shape index (κ1) is 11.5. The highest BCUT2D eigenvalue weighted by Crippen LogP contribution is 2.21. The number of hydrogen-bond donors (Lipinski definition) is 1. The van der Waals surface area contributed by atoms with Crippen molar-refractivity contribution in [2.75, 3.05) is 0 Å². The average molecular weight is 251 g/mol. The molecule has 3 nitrogen and oxygen atoms in total. The highest BCUT2D eigenvalue weighted by Gasteiger charge is 2.07. The van der Waals surface area contributed by atoms with E-state index in [4.69, 9.17) is 0 Å². The summed E-state index contributed by atoms with van der Waals surface area (Å²) in [6.45, 7) is 0.675. The molecule has 0 aliphatic carbocycles. The fourth-order valence-electron chi connectivity index (χ4n) is 2.30. The summed E-state index contributed by atoms with van der Waals surface area (Å²) >= 11 is 0. The zero-order valence-corrected chi connectivity index (χ0v) is 10.3. The summed E-state index contributed by atoms with van der Waals surface area (Å²) in [6.07, 6.45) is 2.75. The van der Waals surface area contributed by atoms with Crippen LogP contribution in [0.1, 0.15) is 15.9 Å². The van der Waals surface area contributed by atoms with Crippen LogP contribution < -0.4 is 0 Å². The van der Waals surface area contributed by atoms with Gasteiger partial charge in [-0.3, -0.25) is 4.79 Å². The van der Waals surface area contributed by atoms with Crippen molar-refractivity contribution in [2.45, 2.75) is 6.54 Å². The third-order valence-corrected chi connectivity index (χ3v) is 3.24. The van der Waals surface area contributed by atoms with Crippen molar-refractivity contribution in [3.63, 3.8) is 0 Å². The fourth-order valence-corrected chi connectivity index (χ4v) is 2.30. The normalized spacial score (nSPS) is 10.7. The van der Waals surface area contributed by atoms with Gasteiger partial charge < -0.3 is 9.67 Å². The van der Waals surface area contributed by atoms with Crippen LogP contribution in [0.25, 0.3) is 10.9 Å². The number of aldehydes is 1. The number of hydrogen-bond acceptors (Lipinski definition) is 2. The first-order chi connectivity index (χ1) is 9.28. The Bertz CT molecular complexity index is 726. The van der Waals surface area contributed by atoms with Crippen LogP contribution in [-0.2, 0) is 6.54 Å². The minimum absolute atomic E-state index is 0.259. The number of aromatic nitrogens is 1. The summed E-state index contributed by atoms with van der Waals surface area (Å²) in [6, 6.07) is 14.9. The maximum Gasteiger partial charge on any atom is 0.152 e. The number of aromatic hydroxyl groups is 1. The number of rotatable bonds is 3. The zero-order chi connectivity index (χ0) is 13.2. The van der Waals surface area contributed by atoms with E-state index in [2.05, 4.69) is 0 Å². The van der Waals surface area contributed by atoms with Crippen LogP contribution in [0.5, 0.6) is 5.75 Å². The fraction of sp³-hybridized carbons (Fsp3) is 0.0625. The predicted molar refractivity (Wildman–Crippen MR) is 74.5 cm³/mol. The van der Waals surface area contributed by atoms with E-state index in [0.29, 0.717) is 12.1 Å². The van der Waals surface area contributed by atoms with Gasteiger partial charge in [-0.25, -0.2) is 0 Å². The molecule has 0 spiro atoms. The van der Waals surface area contributed by atoms with E-state index in [-0.39, 0.29) is 5.75 Å². The Balaban J connectivity index is 2.05. The summed E-state index contributed by atoms with van der Waals surface area (Å²) in [5.74, 6) is 0.259. The first-order valence-electron chi connectivity index (χ1n) is 6.09. The smallest absolute Gasteiger partial charge is 0.152 e. The van der Waals surface area contributed by atoms with Crippen molar-refractivity contribution in [1.29, 1.82) is 0 Å². The lowest BCUT2D eigenvalue weighted by atomic mass is 10.2. The van der Waals surface area contributed by atoms with Gasteiger partial charge in [0, 0.05) is 29.2 Å². The van der Waals surface area contributed by atoms with Crippen molar-refractivity contribution in [3.8, 4) is 5.75 Å². The number of carbonyl (C=O) groups is 1. The predicted octanol–water partition coefficient (Wildman–Crippen LogP) is 3.21. The molecule has 1 heterocycles. The van der Waals surface area contributed by atoms with Crippen LogP contribution in [0, 0.1) is 0 Å². The van der Waals surface area contributed by atoms with Crippen LogP contribution in [0.3, 0.4) is 0 Å². The van der Waals surface area contributed by atoms with Crippen LogP contribution in [0.15, 0.2) is 54.7 Å². The summed E-state index contributed by atoms with van der Waals surface area (Å²) in [5, 5.41) is 10.3. The topological polar surface area (TPSA) is 42.2 Å². The standard InChI is InChI=1S/C16H13NO2/c18-11-13-10-17(16-4-2-1-3-15(13)16)9-12-5-7-14(19)8-6-12/h1-8,10-11,19H,9H2. The highest BCUT2D eigenvalue weighted by atomic mass is 16.3. The Hall–Kier alpha value is -2.55. The molecule has 0 radical (unpaired) electrons. The van der Waals surface area contributed by atoms with Crippen molar-refractivity contribution in [1.82, 2.24) is 4.57 Å². The largest absolute Gasteiger partial charge is 0.508 e. The third kappa shape index (κ3) is 2.10. The van der Waals surface area contributed by atoms with Gasteiger partial charge in [0.05, 0.1) is 0 Å². The van der Waals surface area contributed by atoms with E-state index in [1.54, 1.807) is 12.1 Å². The summed E-state index contributed by atoms with van der Waals surface area (Å²) in [7, 11) is 0. The van der Waals surface area contributed by atoms with E-state index < -0.39 is 0 Å². The Morgan fingerprint density at radius 1 is 1.05 bits per heavy atom. The second-order valence-electron chi connectivity index (χ2n) is 4.51.